The maximum atomic E-state index is 14.8. The Morgan fingerprint density at radius 1 is 1.07 bits per heavy atom. The van der Waals surface area contributed by atoms with E-state index in [-0.39, 0.29) is 48.2 Å². The van der Waals surface area contributed by atoms with Gasteiger partial charge in [-0.3, -0.25) is 14.4 Å². The third-order valence-corrected chi connectivity index (χ3v) is 9.96. The summed E-state index contributed by atoms with van der Waals surface area (Å²) in [6, 6.07) is 17.4. The zero-order valence-electron chi connectivity index (χ0n) is 25.4. The number of ether oxygens (including phenoxy) is 1. The third-order valence-electron chi connectivity index (χ3n) is 9.12. The maximum Gasteiger partial charge on any atom is 0.249 e. The van der Waals surface area contributed by atoms with Crippen LogP contribution in [0.5, 0.6) is 0 Å². The molecule has 0 aliphatic carbocycles. The fraction of sp³-hybridized carbons (Fsp3) is 0.457. The number of aliphatic hydroxyl groups is 1. The number of benzene rings is 2. The summed E-state index contributed by atoms with van der Waals surface area (Å²) in [6.07, 6.45) is 3.64. The van der Waals surface area contributed by atoms with E-state index in [0.29, 0.717) is 25.1 Å². The van der Waals surface area contributed by atoms with Crippen molar-refractivity contribution in [3.05, 3.63) is 91.5 Å². The van der Waals surface area contributed by atoms with Crippen molar-refractivity contribution in [2.24, 2.45) is 17.8 Å². The van der Waals surface area contributed by atoms with E-state index in [1.54, 1.807) is 26.9 Å². The Kier molecular flexibility index (Phi) is 9.77. The van der Waals surface area contributed by atoms with E-state index in [1.807, 2.05) is 74.5 Å². The smallest absolute Gasteiger partial charge is 0.249 e. The van der Waals surface area contributed by atoms with Crippen LogP contribution < -0.4 is 4.90 Å². The Balaban J connectivity index is 1.60. The van der Waals surface area contributed by atoms with Crippen LogP contribution in [0.3, 0.4) is 0 Å². The van der Waals surface area contributed by atoms with Crippen molar-refractivity contribution in [2.75, 3.05) is 24.6 Å². The summed E-state index contributed by atoms with van der Waals surface area (Å²) in [5.74, 6) is -2.36. The average molecular weight is 665 g/mol. The number of carbonyl (C=O) groups is 3. The molecule has 3 aliphatic rings. The summed E-state index contributed by atoms with van der Waals surface area (Å²) in [4.78, 5) is 48.6. The van der Waals surface area contributed by atoms with Gasteiger partial charge >= 0.3 is 0 Å². The fourth-order valence-electron chi connectivity index (χ4n) is 7.45. The highest BCUT2D eigenvalue weighted by atomic mass is 79.9. The number of nitrogens with zero attached hydrogens (tertiary/aromatic N) is 3. The van der Waals surface area contributed by atoms with Crippen molar-refractivity contribution in [3.8, 4) is 0 Å². The molecule has 2 bridgehead atoms. The first kappa shape index (κ1) is 32.1. The molecular formula is C35H42BrN3O5. The Bertz CT molecular complexity index is 1370. The van der Waals surface area contributed by atoms with E-state index in [0.717, 1.165) is 5.56 Å². The van der Waals surface area contributed by atoms with Gasteiger partial charge in [-0.1, -0.05) is 90.5 Å². The van der Waals surface area contributed by atoms with Crippen LogP contribution in [0.2, 0.25) is 0 Å². The maximum absolute atomic E-state index is 14.8. The van der Waals surface area contributed by atoms with E-state index in [2.05, 4.69) is 29.1 Å². The zero-order chi connectivity index (χ0) is 31.6. The van der Waals surface area contributed by atoms with Gasteiger partial charge in [0.25, 0.3) is 0 Å². The Hall–Kier alpha value is -3.27. The number of aliphatic hydroxyl groups excluding tert-OH is 1. The molecule has 7 atom stereocenters. The first-order valence-corrected chi connectivity index (χ1v) is 16.3. The van der Waals surface area contributed by atoms with Crippen LogP contribution >= 0.6 is 15.9 Å². The van der Waals surface area contributed by atoms with Gasteiger partial charge in [0, 0.05) is 30.1 Å². The van der Waals surface area contributed by atoms with Gasteiger partial charge in [-0.15, -0.1) is 13.2 Å². The van der Waals surface area contributed by atoms with E-state index < -0.39 is 35.6 Å². The minimum atomic E-state index is -1.23. The Morgan fingerprint density at radius 3 is 2.30 bits per heavy atom. The minimum Gasteiger partial charge on any atom is -0.394 e. The van der Waals surface area contributed by atoms with Crippen molar-refractivity contribution in [3.63, 3.8) is 0 Å². The number of rotatable bonds is 13. The molecule has 2 aromatic rings. The molecule has 9 heteroatoms. The number of hydrogen-bond donors (Lipinski definition) is 1. The van der Waals surface area contributed by atoms with Gasteiger partial charge in [-0.05, 0) is 36.5 Å². The molecule has 3 amide bonds. The van der Waals surface area contributed by atoms with Gasteiger partial charge in [-0.2, -0.15) is 0 Å². The quantitative estimate of drug-likeness (QED) is 0.250. The second kappa shape index (κ2) is 13.4. The van der Waals surface area contributed by atoms with Gasteiger partial charge in [0.05, 0.1) is 30.6 Å². The van der Waals surface area contributed by atoms with Gasteiger partial charge in [0.2, 0.25) is 17.7 Å². The molecule has 0 saturated carbocycles. The van der Waals surface area contributed by atoms with Crippen molar-refractivity contribution in [1.82, 2.24) is 9.80 Å². The highest BCUT2D eigenvalue weighted by molar-refractivity contribution is 9.09. The largest absolute Gasteiger partial charge is 0.394 e. The van der Waals surface area contributed by atoms with Gasteiger partial charge in [0.15, 0.2) is 0 Å². The van der Waals surface area contributed by atoms with Gasteiger partial charge < -0.3 is 24.5 Å². The lowest BCUT2D eigenvalue weighted by Gasteiger charge is -2.40. The summed E-state index contributed by atoms with van der Waals surface area (Å²) in [7, 11) is 0. The molecule has 0 aromatic heterocycles. The molecular weight excluding hydrogens is 622 g/mol. The molecule has 0 radical (unpaired) electrons. The van der Waals surface area contributed by atoms with Gasteiger partial charge in [0.1, 0.15) is 11.6 Å². The number of amides is 3. The van der Waals surface area contributed by atoms with Crippen LogP contribution in [0, 0.1) is 17.8 Å². The second-order valence-corrected chi connectivity index (χ2v) is 13.6. The molecule has 3 saturated heterocycles. The van der Waals surface area contributed by atoms with Crippen molar-refractivity contribution < 1.29 is 24.2 Å². The summed E-state index contributed by atoms with van der Waals surface area (Å²) in [6.45, 7) is 12.3. The van der Waals surface area contributed by atoms with Crippen molar-refractivity contribution >= 4 is 39.3 Å². The van der Waals surface area contributed by atoms with Crippen LogP contribution in [-0.4, -0.2) is 80.9 Å². The predicted molar refractivity (Wildman–Crippen MR) is 174 cm³/mol. The molecule has 5 rings (SSSR count). The summed E-state index contributed by atoms with van der Waals surface area (Å²) in [5.41, 5.74) is 0.410. The number of para-hydroxylation sites is 1. The molecule has 44 heavy (non-hydrogen) atoms. The minimum absolute atomic E-state index is 0.155. The van der Waals surface area contributed by atoms with Crippen LogP contribution in [0.15, 0.2) is 86.0 Å². The molecule has 3 heterocycles. The van der Waals surface area contributed by atoms with E-state index in [9.17, 15) is 19.5 Å². The molecule has 234 valence electrons. The number of fused-ring (bicyclic) bond motifs is 1. The summed E-state index contributed by atoms with van der Waals surface area (Å²) >= 11 is 3.78. The fourth-order valence-corrected chi connectivity index (χ4v) is 8.39. The van der Waals surface area contributed by atoms with Crippen LogP contribution in [-0.2, 0) is 25.7 Å². The zero-order valence-corrected chi connectivity index (χ0v) is 27.0. The number of alkyl halides is 1. The Labute approximate surface area is 268 Å². The molecule has 1 N–H and O–H groups in total. The number of anilines is 1. The topological polar surface area (TPSA) is 90.4 Å². The normalized spacial score (nSPS) is 27.7. The monoisotopic (exact) mass is 663 g/mol. The SMILES string of the molecule is C=CCN(Cc1ccccc1)C(=O)C1N([C@@H](CO)CC(C)C)C(=O)[C@@H]2[C@H](C(=O)N(CC=C)c3ccccc3)[C@H]3OC12CC3Br. The number of halogens is 1. The number of hydrogen-bond acceptors (Lipinski definition) is 5. The Morgan fingerprint density at radius 2 is 1.70 bits per heavy atom. The van der Waals surface area contributed by atoms with Crippen LogP contribution in [0.4, 0.5) is 5.69 Å². The predicted octanol–water partition coefficient (Wildman–Crippen LogP) is 4.58. The first-order valence-electron chi connectivity index (χ1n) is 15.3. The molecule has 3 aliphatic heterocycles. The lowest BCUT2D eigenvalue weighted by molar-refractivity contribution is -0.151. The molecule has 3 fully saturated rings. The van der Waals surface area contributed by atoms with E-state index in [1.165, 1.54) is 0 Å². The number of likely N-dealkylation sites (tertiary alicyclic amines) is 1. The highest BCUT2D eigenvalue weighted by Crippen LogP contribution is 2.61. The molecule has 8 nitrogen and oxygen atoms in total. The number of carbonyl (C=O) groups excluding carboxylic acids is 3. The molecule has 2 aromatic carbocycles. The second-order valence-electron chi connectivity index (χ2n) is 12.4. The first-order chi connectivity index (χ1) is 21.2. The molecule has 1 spiro atoms. The average Bonchev–Trinajstić information content (AvgIpc) is 3.62. The van der Waals surface area contributed by atoms with Gasteiger partial charge in [-0.25, -0.2) is 0 Å². The lowest BCUT2D eigenvalue weighted by Crippen LogP contribution is -2.59. The lowest BCUT2D eigenvalue weighted by atomic mass is 9.70. The third kappa shape index (κ3) is 5.66. The van der Waals surface area contributed by atoms with Crippen molar-refractivity contribution in [1.29, 1.82) is 0 Å². The van der Waals surface area contributed by atoms with E-state index >= 15 is 0 Å². The van der Waals surface area contributed by atoms with Crippen molar-refractivity contribution in [2.45, 2.75) is 61.8 Å². The highest BCUT2D eigenvalue weighted by Gasteiger charge is 2.77. The van der Waals surface area contributed by atoms with Crippen LogP contribution in [0.25, 0.3) is 0 Å². The van der Waals surface area contributed by atoms with E-state index in [4.69, 9.17) is 4.74 Å². The standard InChI is InChI=1S/C35H42BrN3O5/c1-5-17-37(21-24-13-9-7-10-14-24)34(43)31-35-20-27(36)30(44-35)28(29(35)33(42)39(31)26(22-40)19-23(3)4)32(41)38(18-6-2)25-15-11-8-12-16-25/h5-16,23,26-31,40H,1-2,17-22H2,3-4H3/t26-,27?,28+,29+,30+,31?,35?/m1/s1. The molecule has 3 unspecified atom stereocenters. The summed E-state index contributed by atoms with van der Waals surface area (Å²) in [5, 5.41) is 10.6. The van der Waals surface area contributed by atoms with Crippen LogP contribution in [0.1, 0.15) is 32.3 Å². The summed E-state index contributed by atoms with van der Waals surface area (Å²) < 4.78 is 6.77.